The molecule has 3 N–H and O–H groups in total. The number of rotatable bonds is 3. The normalized spacial score (nSPS) is 12.7. The molecule has 0 aliphatic rings. The van der Waals surface area contributed by atoms with Gasteiger partial charge in [-0.3, -0.25) is 5.84 Å². The Balaban J connectivity index is 2.53. The molecular formula is C11H9Br2FN2S. The van der Waals surface area contributed by atoms with Gasteiger partial charge in [-0.25, -0.2) is 9.82 Å². The first-order valence-corrected chi connectivity index (χ1v) is 7.29. The van der Waals surface area contributed by atoms with Crippen LogP contribution in [-0.4, -0.2) is 0 Å². The molecule has 0 radical (unpaired) electrons. The molecule has 1 aromatic heterocycles. The molecule has 2 nitrogen and oxygen atoms in total. The highest BCUT2D eigenvalue weighted by molar-refractivity contribution is 9.10. The molecule has 0 spiro atoms. The van der Waals surface area contributed by atoms with Crippen LogP contribution in [0.1, 0.15) is 17.2 Å². The minimum absolute atomic E-state index is 0.291. The van der Waals surface area contributed by atoms with Gasteiger partial charge in [0, 0.05) is 19.9 Å². The highest BCUT2D eigenvalue weighted by atomic mass is 79.9. The number of nitrogens with two attached hydrogens (primary N) is 1. The third-order valence-corrected chi connectivity index (χ3v) is 4.85. The van der Waals surface area contributed by atoms with E-state index in [1.807, 2.05) is 10.8 Å². The fourth-order valence-corrected chi connectivity index (χ4v) is 3.74. The summed E-state index contributed by atoms with van der Waals surface area (Å²) in [6, 6.07) is 4.48. The van der Waals surface area contributed by atoms with Gasteiger partial charge in [0.15, 0.2) is 0 Å². The minimum atomic E-state index is -0.383. The minimum Gasteiger partial charge on any atom is -0.271 e. The zero-order chi connectivity index (χ0) is 12.4. The van der Waals surface area contributed by atoms with E-state index in [1.54, 1.807) is 12.1 Å². The number of nitrogens with one attached hydrogen (secondary N) is 1. The molecule has 0 aliphatic carbocycles. The molecular weight excluding hydrogens is 371 g/mol. The van der Waals surface area contributed by atoms with Gasteiger partial charge in [-0.2, -0.15) is 11.3 Å². The van der Waals surface area contributed by atoms with Crippen LogP contribution in [0.2, 0.25) is 0 Å². The monoisotopic (exact) mass is 378 g/mol. The summed E-state index contributed by atoms with van der Waals surface area (Å²) in [5.74, 6) is 5.26. The van der Waals surface area contributed by atoms with Crippen LogP contribution in [0.4, 0.5) is 4.39 Å². The van der Waals surface area contributed by atoms with Crippen molar-refractivity contribution in [1.82, 2.24) is 5.43 Å². The maximum absolute atomic E-state index is 13.9. The van der Waals surface area contributed by atoms with Crippen molar-refractivity contribution in [3.8, 4) is 0 Å². The van der Waals surface area contributed by atoms with Crippen LogP contribution in [0.25, 0.3) is 0 Å². The van der Waals surface area contributed by atoms with Crippen molar-refractivity contribution in [3.05, 3.63) is 54.8 Å². The van der Waals surface area contributed by atoms with E-state index in [0.29, 0.717) is 10.0 Å². The zero-order valence-corrected chi connectivity index (χ0v) is 12.6. The van der Waals surface area contributed by atoms with Gasteiger partial charge in [0.1, 0.15) is 5.82 Å². The van der Waals surface area contributed by atoms with Gasteiger partial charge in [-0.1, -0.05) is 22.0 Å². The Hall–Kier alpha value is -0.270. The van der Waals surface area contributed by atoms with E-state index in [1.165, 1.54) is 17.4 Å². The molecule has 1 heterocycles. The second-order valence-corrected chi connectivity index (χ2v) is 5.86. The third-order valence-electron chi connectivity index (χ3n) is 2.41. The third kappa shape index (κ3) is 2.61. The predicted molar refractivity (Wildman–Crippen MR) is 75.3 cm³/mol. The molecule has 0 saturated heterocycles. The van der Waals surface area contributed by atoms with Gasteiger partial charge in [0.25, 0.3) is 0 Å². The van der Waals surface area contributed by atoms with E-state index in [0.717, 1.165) is 10.0 Å². The second-order valence-electron chi connectivity index (χ2n) is 3.41. The summed E-state index contributed by atoms with van der Waals surface area (Å²) in [5.41, 5.74) is 4.08. The SMILES string of the molecule is NNC(c1cscc1Br)c1c(F)cccc1Br. The average Bonchev–Trinajstić information content (AvgIpc) is 2.70. The van der Waals surface area contributed by atoms with Gasteiger partial charge in [-0.15, -0.1) is 0 Å². The molecule has 0 saturated carbocycles. The smallest absolute Gasteiger partial charge is 0.129 e. The summed E-state index contributed by atoms with van der Waals surface area (Å²) >= 11 is 8.32. The average molecular weight is 380 g/mol. The molecule has 17 heavy (non-hydrogen) atoms. The van der Waals surface area contributed by atoms with E-state index in [-0.39, 0.29) is 11.9 Å². The lowest BCUT2D eigenvalue weighted by Crippen LogP contribution is -2.29. The first-order chi connectivity index (χ1) is 8.15. The molecule has 0 aliphatic heterocycles. The molecule has 0 fully saturated rings. The van der Waals surface area contributed by atoms with E-state index in [9.17, 15) is 4.39 Å². The van der Waals surface area contributed by atoms with Gasteiger partial charge in [-0.05, 0) is 39.0 Å². The Labute approximate surface area is 119 Å². The molecule has 0 amide bonds. The van der Waals surface area contributed by atoms with E-state index < -0.39 is 0 Å². The van der Waals surface area contributed by atoms with Crippen molar-refractivity contribution in [1.29, 1.82) is 0 Å². The Kier molecular flexibility index (Phi) is 4.32. The Morgan fingerprint density at radius 1 is 1.24 bits per heavy atom. The molecule has 1 aromatic carbocycles. The number of thiophene rings is 1. The van der Waals surface area contributed by atoms with Gasteiger partial charge < -0.3 is 0 Å². The van der Waals surface area contributed by atoms with Crippen molar-refractivity contribution in [2.75, 3.05) is 0 Å². The van der Waals surface area contributed by atoms with E-state index >= 15 is 0 Å². The van der Waals surface area contributed by atoms with Crippen LogP contribution in [0, 0.1) is 5.82 Å². The number of hydrazine groups is 1. The van der Waals surface area contributed by atoms with Gasteiger partial charge >= 0.3 is 0 Å². The Bertz CT molecular complexity index is 510. The molecule has 6 heteroatoms. The molecule has 90 valence electrons. The first kappa shape index (κ1) is 13.2. The Morgan fingerprint density at radius 3 is 2.53 bits per heavy atom. The fraction of sp³-hybridized carbons (Fsp3) is 0.0909. The second kappa shape index (κ2) is 5.58. The maximum atomic E-state index is 13.9. The van der Waals surface area contributed by atoms with Crippen molar-refractivity contribution < 1.29 is 4.39 Å². The van der Waals surface area contributed by atoms with Crippen LogP contribution in [0.3, 0.4) is 0 Å². The number of halogens is 3. The van der Waals surface area contributed by atoms with Crippen LogP contribution < -0.4 is 11.3 Å². The van der Waals surface area contributed by atoms with Crippen LogP contribution >= 0.6 is 43.2 Å². The summed E-state index contributed by atoms with van der Waals surface area (Å²) in [6.07, 6.45) is 0. The number of benzene rings is 1. The van der Waals surface area contributed by atoms with Crippen LogP contribution in [0.15, 0.2) is 37.9 Å². The first-order valence-electron chi connectivity index (χ1n) is 4.76. The topological polar surface area (TPSA) is 38.0 Å². The van der Waals surface area contributed by atoms with E-state index in [4.69, 9.17) is 5.84 Å². The molecule has 2 aromatic rings. The standard InChI is InChI=1S/C11H9Br2FN2S/c12-7-2-1-3-9(14)10(7)11(16-15)6-4-17-5-8(6)13/h1-5,11,16H,15H2. The summed E-state index contributed by atoms with van der Waals surface area (Å²) in [6.45, 7) is 0. The fourth-order valence-electron chi connectivity index (χ4n) is 1.61. The number of hydrogen-bond donors (Lipinski definition) is 2. The Morgan fingerprint density at radius 2 is 2.00 bits per heavy atom. The van der Waals surface area contributed by atoms with Crippen LogP contribution in [0.5, 0.6) is 0 Å². The summed E-state index contributed by atoms with van der Waals surface area (Å²) in [7, 11) is 0. The van der Waals surface area contributed by atoms with Crippen molar-refractivity contribution in [3.63, 3.8) is 0 Å². The number of hydrogen-bond acceptors (Lipinski definition) is 3. The predicted octanol–water partition coefficient (Wildman–Crippen LogP) is 3.96. The van der Waals surface area contributed by atoms with E-state index in [2.05, 4.69) is 37.3 Å². The zero-order valence-electron chi connectivity index (χ0n) is 8.58. The van der Waals surface area contributed by atoms with Gasteiger partial charge in [0.05, 0.1) is 6.04 Å². The lowest BCUT2D eigenvalue weighted by Gasteiger charge is -2.18. The van der Waals surface area contributed by atoms with Crippen molar-refractivity contribution >= 4 is 43.2 Å². The molecule has 1 atom stereocenters. The molecule has 1 unspecified atom stereocenters. The summed E-state index contributed by atoms with van der Waals surface area (Å²) < 4.78 is 15.5. The summed E-state index contributed by atoms with van der Waals surface area (Å²) in [4.78, 5) is 0. The molecule has 2 rings (SSSR count). The van der Waals surface area contributed by atoms with Crippen molar-refractivity contribution in [2.24, 2.45) is 5.84 Å². The quantitative estimate of drug-likeness (QED) is 0.625. The largest absolute Gasteiger partial charge is 0.271 e. The lowest BCUT2D eigenvalue weighted by atomic mass is 10.0. The highest BCUT2D eigenvalue weighted by Crippen LogP contribution is 2.35. The van der Waals surface area contributed by atoms with Crippen molar-refractivity contribution in [2.45, 2.75) is 6.04 Å². The molecule has 0 bridgehead atoms. The summed E-state index contributed by atoms with van der Waals surface area (Å²) in [5, 5.41) is 3.88. The highest BCUT2D eigenvalue weighted by Gasteiger charge is 2.21. The van der Waals surface area contributed by atoms with Gasteiger partial charge in [0.2, 0.25) is 0 Å². The maximum Gasteiger partial charge on any atom is 0.129 e. The van der Waals surface area contributed by atoms with Crippen LogP contribution in [-0.2, 0) is 0 Å². The lowest BCUT2D eigenvalue weighted by molar-refractivity contribution is 0.557.